The van der Waals surface area contributed by atoms with Crippen molar-refractivity contribution in [2.45, 2.75) is 12.4 Å². The van der Waals surface area contributed by atoms with Gasteiger partial charge in [-0.25, -0.2) is 0 Å². The predicted octanol–water partition coefficient (Wildman–Crippen LogP) is 3.12. The first-order chi connectivity index (χ1) is 12.3. The molecule has 0 bridgehead atoms. The minimum Gasteiger partial charge on any atom is -0.292 e. The number of nitrogens with zero attached hydrogens (tertiary/aromatic N) is 3. The zero-order valence-corrected chi connectivity index (χ0v) is 13.1. The number of alkyl halides is 6. The van der Waals surface area contributed by atoms with Crippen LogP contribution in [0, 0.1) is 10.1 Å². The van der Waals surface area contributed by atoms with Crippen LogP contribution in [0.3, 0.4) is 0 Å². The maximum absolute atomic E-state index is 12.8. The molecule has 1 heterocycles. The summed E-state index contributed by atoms with van der Waals surface area (Å²) in [7, 11) is 1.14. The maximum atomic E-state index is 12.8. The number of nitro groups is 1. The van der Waals surface area contributed by atoms with Gasteiger partial charge in [-0.05, 0) is 12.1 Å². The zero-order valence-electron chi connectivity index (χ0n) is 13.1. The molecule has 0 saturated carbocycles. The highest BCUT2D eigenvalue weighted by Gasteiger charge is 2.39. The first-order valence-electron chi connectivity index (χ1n) is 6.83. The van der Waals surface area contributed by atoms with Crippen molar-refractivity contribution in [3.8, 4) is 0 Å². The van der Waals surface area contributed by atoms with Crippen molar-refractivity contribution < 1.29 is 36.1 Å². The fourth-order valence-corrected chi connectivity index (χ4v) is 2.02. The van der Waals surface area contributed by atoms with Gasteiger partial charge in [-0.3, -0.25) is 30.4 Å². The van der Waals surface area contributed by atoms with Crippen molar-refractivity contribution in [3.63, 3.8) is 0 Å². The van der Waals surface area contributed by atoms with Gasteiger partial charge in [-0.15, -0.1) is 0 Å². The van der Waals surface area contributed by atoms with E-state index < -0.39 is 51.4 Å². The van der Waals surface area contributed by atoms with E-state index in [4.69, 9.17) is 0 Å². The molecule has 1 amide bonds. The Morgan fingerprint density at radius 3 is 2.33 bits per heavy atom. The highest BCUT2D eigenvalue weighted by atomic mass is 19.4. The third-order valence-corrected chi connectivity index (χ3v) is 3.17. The molecule has 0 atom stereocenters. The van der Waals surface area contributed by atoms with Gasteiger partial charge in [0.15, 0.2) is 5.69 Å². The molecule has 27 heavy (non-hydrogen) atoms. The van der Waals surface area contributed by atoms with Crippen LogP contribution < -0.4 is 10.9 Å². The second-order valence-corrected chi connectivity index (χ2v) is 5.13. The second kappa shape index (κ2) is 6.77. The molecule has 0 spiro atoms. The summed E-state index contributed by atoms with van der Waals surface area (Å²) in [4.78, 5) is 21.7. The van der Waals surface area contributed by atoms with Crippen molar-refractivity contribution in [2.75, 3.05) is 5.43 Å². The summed E-state index contributed by atoms with van der Waals surface area (Å²) in [6, 6.07) is 1.39. The molecule has 2 aromatic rings. The van der Waals surface area contributed by atoms with E-state index in [-0.39, 0.29) is 6.07 Å². The number of hydrogen-bond donors (Lipinski definition) is 2. The van der Waals surface area contributed by atoms with Crippen LogP contribution in [-0.2, 0) is 19.4 Å². The number of amides is 1. The molecule has 0 saturated heterocycles. The number of hydrazine groups is 1. The van der Waals surface area contributed by atoms with Gasteiger partial charge < -0.3 is 0 Å². The molecule has 14 heteroatoms. The number of carbonyl (C=O) groups excluding carboxylic acids is 1. The van der Waals surface area contributed by atoms with Gasteiger partial charge in [0.25, 0.3) is 11.6 Å². The van der Waals surface area contributed by atoms with Gasteiger partial charge in [0.2, 0.25) is 0 Å². The Bertz CT molecular complexity index is 890. The van der Waals surface area contributed by atoms with Gasteiger partial charge in [-0.2, -0.15) is 31.4 Å². The first kappa shape index (κ1) is 20.0. The summed E-state index contributed by atoms with van der Waals surface area (Å²) in [6.45, 7) is 0. The number of rotatable bonds is 4. The van der Waals surface area contributed by atoms with Crippen LogP contribution in [0.2, 0.25) is 0 Å². The summed E-state index contributed by atoms with van der Waals surface area (Å²) in [5.41, 5.74) is -1.56. The molecule has 1 aromatic carbocycles. The van der Waals surface area contributed by atoms with Gasteiger partial charge in [-0.1, -0.05) is 0 Å². The molecule has 1 aromatic heterocycles. The molecule has 0 aliphatic heterocycles. The number of hydrogen-bond acceptors (Lipinski definition) is 5. The van der Waals surface area contributed by atoms with E-state index in [0.29, 0.717) is 12.1 Å². The molecule has 0 radical (unpaired) electrons. The number of nitro benzene ring substituents is 1. The average molecular weight is 397 g/mol. The quantitative estimate of drug-likeness (QED) is 0.469. The zero-order chi connectivity index (χ0) is 20.6. The van der Waals surface area contributed by atoms with Gasteiger partial charge in [0, 0.05) is 19.3 Å². The van der Waals surface area contributed by atoms with Crippen LogP contribution in [0.1, 0.15) is 21.6 Å². The summed E-state index contributed by atoms with van der Waals surface area (Å²) in [6.07, 6.45) is -9.01. The van der Waals surface area contributed by atoms with Crippen molar-refractivity contribution in [1.29, 1.82) is 0 Å². The summed E-state index contributed by atoms with van der Waals surface area (Å²) < 4.78 is 77.1. The standard InChI is InChI=1S/C13H9F6N5O3/c1-23-5-7(10(22-23)13(17,18)19)11(25)21-20-8-3-2-6(12(14,15)16)4-9(8)24(26)27/h2-5,20H,1H3,(H,21,25). The van der Waals surface area contributed by atoms with Crippen LogP contribution in [0.4, 0.5) is 37.7 Å². The van der Waals surface area contributed by atoms with Crippen molar-refractivity contribution in [2.24, 2.45) is 7.05 Å². The topological polar surface area (TPSA) is 102 Å². The Hall–Kier alpha value is -3.32. The third-order valence-electron chi connectivity index (χ3n) is 3.17. The normalized spacial score (nSPS) is 12.0. The van der Waals surface area contributed by atoms with Crippen LogP contribution in [-0.4, -0.2) is 20.6 Å². The van der Waals surface area contributed by atoms with Crippen LogP contribution in [0.5, 0.6) is 0 Å². The Kier molecular flexibility index (Phi) is 5.01. The lowest BCUT2D eigenvalue weighted by atomic mass is 10.1. The maximum Gasteiger partial charge on any atom is 0.435 e. The Balaban J connectivity index is 2.27. The number of anilines is 1. The van der Waals surface area contributed by atoms with Crippen molar-refractivity contribution in [1.82, 2.24) is 15.2 Å². The first-order valence-corrected chi connectivity index (χ1v) is 6.83. The highest BCUT2D eigenvalue weighted by Crippen LogP contribution is 2.35. The highest BCUT2D eigenvalue weighted by molar-refractivity contribution is 5.96. The molecule has 146 valence electrons. The largest absolute Gasteiger partial charge is 0.435 e. The Morgan fingerprint density at radius 1 is 1.19 bits per heavy atom. The Morgan fingerprint density at radius 2 is 1.81 bits per heavy atom. The minimum atomic E-state index is -4.94. The van der Waals surface area contributed by atoms with E-state index in [1.165, 1.54) is 0 Å². The molecule has 2 rings (SSSR count). The molecule has 0 fully saturated rings. The Labute approximate surface area is 145 Å². The van der Waals surface area contributed by atoms with E-state index in [1.54, 1.807) is 5.43 Å². The second-order valence-electron chi connectivity index (χ2n) is 5.13. The van der Waals surface area contributed by atoms with Crippen molar-refractivity contribution >= 4 is 17.3 Å². The molecule has 2 N–H and O–H groups in total. The van der Waals surface area contributed by atoms with E-state index in [1.807, 2.05) is 5.43 Å². The third kappa shape index (κ3) is 4.45. The number of aromatic nitrogens is 2. The monoisotopic (exact) mass is 397 g/mol. The van der Waals surface area contributed by atoms with Crippen LogP contribution in [0.15, 0.2) is 24.4 Å². The average Bonchev–Trinajstić information content (AvgIpc) is 2.93. The summed E-state index contributed by atoms with van der Waals surface area (Å²) in [5, 5.41) is 14.0. The van der Waals surface area contributed by atoms with E-state index in [0.717, 1.165) is 17.9 Å². The van der Waals surface area contributed by atoms with E-state index in [2.05, 4.69) is 5.10 Å². The molecule has 0 aliphatic carbocycles. The molecule has 8 nitrogen and oxygen atoms in total. The number of benzene rings is 1. The van der Waals surface area contributed by atoms with Crippen molar-refractivity contribution in [3.05, 3.63) is 51.3 Å². The van der Waals surface area contributed by atoms with Gasteiger partial charge >= 0.3 is 12.4 Å². The van der Waals surface area contributed by atoms with Gasteiger partial charge in [0.1, 0.15) is 5.69 Å². The number of nitrogens with one attached hydrogen (secondary N) is 2. The lowest BCUT2D eigenvalue weighted by Gasteiger charge is -2.12. The number of carbonyl (C=O) groups is 1. The fourth-order valence-electron chi connectivity index (χ4n) is 2.02. The summed E-state index contributed by atoms with van der Waals surface area (Å²) >= 11 is 0. The van der Waals surface area contributed by atoms with E-state index in [9.17, 15) is 41.3 Å². The van der Waals surface area contributed by atoms with Crippen LogP contribution >= 0.6 is 0 Å². The molecular weight excluding hydrogens is 388 g/mol. The fraction of sp³-hybridized carbons (Fsp3) is 0.231. The van der Waals surface area contributed by atoms with Crippen LogP contribution in [0.25, 0.3) is 0 Å². The number of halogens is 6. The molecule has 0 aliphatic rings. The lowest BCUT2D eigenvalue weighted by molar-refractivity contribution is -0.384. The molecular formula is C13H9F6N5O3. The number of aryl methyl sites for hydroxylation is 1. The molecule has 0 unspecified atom stereocenters. The van der Waals surface area contributed by atoms with Gasteiger partial charge in [0.05, 0.1) is 16.1 Å². The SMILES string of the molecule is Cn1cc(C(=O)NNc2ccc(C(F)(F)F)cc2[N+](=O)[O-])c(C(F)(F)F)n1. The van der Waals surface area contributed by atoms with E-state index >= 15 is 0 Å². The smallest absolute Gasteiger partial charge is 0.292 e. The summed E-state index contributed by atoms with van der Waals surface area (Å²) in [5.74, 6) is -1.34. The predicted molar refractivity (Wildman–Crippen MR) is 77.4 cm³/mol. The minimum absolute atomic E-state index is 0.222. The lowest BCUT2D eigenvalue weighted by Crippen LogP contribution is -2.31.